The normalized spacial score (nSPS) is 10.8. The van der Waals surface area contributed by atoms with Crippen LogP contribution in [0.5, 0.6) is 0 Å². The van der Waals surface area contributed by atoms with Crippen molar-refractivity contribution in [3.05, 3.63) is 70.6 Å². The highest BCUT2D eigenvalue weighted by Crippen LogP contribution is 2.24. The van der Waals surface area contributed by atoms with Crippen LogP contribution >= 0.6 is 0 Å². The molecule has 0 fully saturated rings. The van der Waals surface area contributed by atoms with Gasteiger partial charge < -0.3 is 21.3 Å². The van der Waals surface area contributed by atoms with Crippen molar-refractivity contribution in [2.24, 2.45) is 5.29 Å². The fourth-order valence-electron chi connectivity index (χ4n) is 3.93. The van der Waals surface area contributed by atoms with Crippen molar-refractivity contribution < 1.29 is 14.2 Å². The summed E-state index contributed by atoms with van der Waals surface area (Å²) in [7, 11) is 5.21. The number of amides is 3. The quantitative estimate of drug-likeness (QED) is 0.0889. The second kappa shape index (κ2) is 10.4. The number of urea groups is 1. The summed E-state index contributed by atoms with van der Waals surface area (Å²) in [5, 5.41) is 8.38. The third-order valence-corrected chi connectivity index (χ3v) is 6.05. The molecule has 0 aliphatic heterocycles. The van der Waals surface area contributed by atoms with Crippen LogP contribution in [0.1, 0.15) is 15.9 Å². The van der Waals surface area contributed by atoms with Crippen LogP contribution in [0.15, 0.2) is 59.9 Å². The van der Waals surface area contributed by atoms with Crippen LogP contribution in [0.25, 0.3) is 27.8 Å². The summed E-state index contributed by atoms with van der Waals surface area (Å²) in [5.74, 6) is -0.285. The van der Waals surface area contributed by atoms with Crippen molar-refractivity contribution in [1.82, 2.24) is 20.6 Å². The molecule has 0 radical (unpaired) electrons. The number of rotatable bonds is 7. The van der Waals surface area contributed by atoms with Gasteiger partial charge in [0.15, 0.2) is 0 Å². The molecule has 37 heavy (non-hydrogen) atoms. The van der Waals surface area contributed by atoms with Crippen molar-refractivity contribution in [2.75, 3.05) is 44.9 Å². The molecule has 1 aromatic heterocycles. The van der Waals surface area contributed by atoms with E-state index in [9.17, 15) is 14.5 Å². The number of carbonyl (C=O) groups is 2. The van der Waals surface area contributed by atoms with Gasteiger partial charge in [-0.15, -0.1) is 9.47 Å². The third-order valence-electron chi connectivity index (χ3n) is 6.05. The topological polar surface area (TPSA) is 137 Å². The number of nitrogen functional groups attached to an aromatic ring is 1. The number of benzene rings is 3. The van der Waals surface area contributed by atoms with Crippen LogP contribution < -0.4 is 25.8 Å². The molecule has 0 atom stereocenters. The third kappa shape index (κ3) is 5.25. The number of nitroso groups, excluding NO2 is 1. The van der Waals surface area contributed by atoms with Crippen LogP contribution in [0.3, 0.4) is 0 Å². The van der Waals surface area contributed by atoms with Crippen molar-refractivity contribution in [3.63, 3.8) is 0 Å². The molecule has 4 N–H and O–H groups in total. The van der Waals surface area contributed by atoms with Gasteiger partial charge in [-0.3, -0.25) is 4.79 Å². The first-order valence-electron chi connectivity index (χ1n) is 11.7. The van der Waals surface area contributed by atoms with E-state index in [0.717, 1.165) is 39.0 Å². The Hall–Kier alpha value is -4.80. The standard InChI is InChI=1S/C26H28N8O3/c1-16-13-22-24(15-20(16)27)34(23-14-19(32(2)3)9-10-21(23)30-22)18-7-5-17(6-8-18)25(35)28-11-12-29-26(36)33(4)31-37/h5-10,13-15,27H,11-12H2,1-4H3,(H2,28,29,35,36)/p+1. The monoisotopic (exact) mass is 501 g/mol. The van der Waals surface area contributed by atoms with Gasteiger partial charge in [-0.1, -0.05) is 0 Å². The fourth-order valence-corrected chi connectivity index (χ4v) is 3.93. The second-order valence-electron chi connectivity index (χ2n) is 8.85. The van der Waals surface area contributed by atoms with E-state index in [0.29, 0.717) is 16.3 Å². The minimum Gasteiger partial charge on any atom is -0.398 e. The molecular formula is C26H29N8O3+. The fraction of sp³-hybridized carbons (Fsp3) is 0.231. The van der Waals surface area contributed by atoms with Gasteiger partial charge in [-0.2, -0.15) is 5.01 Å². The summed E-state index contributed by atoms with van der Waals surface area (Å²) in [6.07, 6.45) is 0. The number of aromatic nitrogens is 2. The van der Waals surface area contributed by atoms with Crippen LogP contribution in [-0.4, -0.2) is 56.2 Å². The van der Waals surface area contributed by atoms with Gasteiger partial charge in [-0.25, -0.2) is 9.78 Å². The molecule has 4 aromatic rings. The number of hydrogen-bond acceptors (Lipinski definition) is 7. The lowest BCUT2D eigenvalue weighted by atomic mass is 10.1. The minimum atomic E-state index is -0.643. The van der Waals surface area contributed by atoms with Gasteiger partial charge >= 0.3 is 6.03 Å². The van der Waals surface area contributed by atoms with Crippen LogP contribution in [0, 0.1) is 11.8 Å². The highest BCUT2D eigenvalue weighted by Gasteiger charge is 2.22. The predicted molar refractivity (Wildman–Crippen MR) is 144 cm³/mol. The maximum Gasteiger partial charge on any atom is 0.340 e. The van der Waals surface area contributed by atoms with E-state index >= 15 is 0 Å². The largest absolute Gasteiger partial charge is 0.398 e. The smallest absolute Gasteiger partial charge is 0.340 e. The van der Waals surface area contributed by atoms with E-state index in [1.807, 2.05) is 62.3 Å². The number of fused-ring (bicyclic) bond motifs is 2. The van der Waals surface area contributed by atoms with Gasteiger partial charge in [0, 0.05) is 75.4 Å². The van der Waals surface area contributed by atoms with Crippen molar-refractivity contribution in [1.29, 1.82) is 0 Å². The minimum absolute atomic E-state index is 0.155. The van der Waals surface area contributed by atoms with E-state index in [1.165, 1.54) is 7.05 Å². The van der Waals surface area contributed by atoms with Gasteiger partial charge in [0.25, 0.3) is 5.91 Å². The Bertz CT molecular complexity index is 1500. The molecule has 0 unspecified atom stereocenters. The maximum atomic E-state index is 12.6. The Labute approximate surface area is 213 Å². The zero-order chi connectivity index (χ0) is 26.7. The Morgan fingerprint density at radius 2 is 1.62 bits per heavy atom. The molecular weight excluding hydrogens is 472 g/mol. The van der Waals surface area contributed by atoms with E-state index in [2.05, 4.69) is 26.6 Å². The zero-order valence-corrected chi connectivity index (χ0v) is 21.1. The lowest BCUT2D eigenvalue weighted by Gasteiger charge is -2.13. The molecule has 190 valence electrons. The molecule has 4 rings (SSSR count). The van der Waals surface area contributed by atoms with E-state index in [4.69, 9.17) is 10.7 Å². The van der Waals surface area contributed by atoms with Crippen molar-refractivity contribution in [2.45, 2.75) is 6.92 Å². The number of nitrogens with one attached hydrogen (secondary N) is 2. The summed E-state index contributed by atoms with van der Waals surface area (Å²) >= 11 is 0. The average Bonchev–Trinajstić information content (AvgIpc) is 2.89. The van der Waals surface area contributed by atoms with Crippen molar-refractivity contribution in [3.8, 4) is 5.69 Å². The van der Waals surface area contributed by atoms with Crippen LogP contribution in [-0.2, 0) is 0 Å². The molecule has 3 aromatic carbocycles. The SMILES string of the molecule is Cc1cc2nc3ccc(N(C)C)cc3[n+](-c3ccc(C(=O)NCCNC(=O)N(C)N=O)cc3)c2cc1N. The van der Waals surface area contributed by atoms with Gasteiger partial charge in [-0.05, 0) is 42.8 Å². The van der Waals surface area contributed by atoms with Gasteiger partial charge in [0.2, 0.25) is 16.7 Å². The Balaban J connectivity index is 1.65. The van der Waals surface area contributed by atoms with Crippen LogP contribution in [0.2, 0.25) is 0 Å². The molecule has 11 heteroatoms. The summed E-state index contributed by atoms with van der Waals surface area (Å²) in [6.45, 7) is 2.30. The first kappa shape index (κ1) is 25.3. The summed E-state index contributed by atoms with van der Waals surface area (Å²) in [4.78, 5) is 41.4. The molecule has 0 aliphatic rings. The highest BCUT2D eigenvalue weighted by molar-refractivity contribution is 5.94. The van der Waals surface area contributed by atoms with Crippen molar-refractivity contribution >= 4 is 45.4 Å². The molecule has 0 saturated heterocycles. The molecule has 0 spiro atoms. The molecule has 1 heterocycles. The number of nitrogens with two attached hydrogens (primary N) is 1. The lowest BCUT2D eigenvalue weighted by Crippen LogP contribution is -2.39. The lowest BCUT2D eigenvalue weighted by molar-refractivity contribution is -0.538. The highest BCUT2D eigenvalue weighted by atomic mass is 16.3. The summed E-state index contributed by atoms with van der Waals surface area (Å²) in [5.41, 5.74) is 13.7. The predicted octanol–water partition coefficient (Wildman–Crippen LogP) is 2.67. The number of hydrogen-bond donors (Lipinski definition) is 3. The van der Waals surface area contributed by atoms with Crippen LogP contribution in [0.4, 0.5) is 16.2 Å². The summed E-state index contributed by atoms with van der Waals surface area (Å²) in [6, 6.07) is 16.6. The molecule has 3 amide bonds. The maximum absolute atomic E-state index is 12.6. The van der Waals surface area contributed by atoms with E-state index < -0.39 is 6.03 Å². The Morgan fingerprint density at radius 1 is 0.946 bits per heavy atom. The Morgan fingerprint density at radius 3 is 2.30 bits per heavy atom. The zero-order valence-electron chi connectivity index (χ0n) is 21.1. The number of aryl methyl sites for hydroxylation is 1. The first-order chi connectivity index (χ1) is 17.7. The van der Waals surface area contributed by atoms with E-state index in [-0.39, 0.29) is 19.0 Å². The average molecular weight is 502 g/mol. The Kier molecular flexibility index (Phi) is 7.14. The number of anilines is 2. The molecule has 0 bridgehead atoms. The summed E-state index contributed by atoms with van der Waals surface area (Å²) < 4.78 is 2.09. The second-order valence-corrected chi connectivity index (χ2v) is 8.85. The van der Waals surface area contributed by atoms with E-state index in [1.54, 1.807) is 12.1 Å². The molecule has 0 saturated carbocycles. The first-order valence-corrected chi connectivity index (χ1v) is 11.7. The van der Waals surface area contributed by atoms with Gasteiger partial charge in [0.1, 0.15) is 11.0 Å². The number of nitrogens with zero attached hydrogens (tertiary/aromatic N) is 5. The van der Waals surface area contributed by atoms with Gasteiger partial charge in [0.05, 0.1) is 5.29 Å². The molecule has 0 aliphatic carbocycles. The molecule has 11 nitrogen and oxygen atoms in total. The number of carbonyl (C=O) groups excluding carboxylic acids is 2.